The molecule has 0 aromatic carbocycles. The Labute approximate surface area is 185 Å². The second-order valence-corrected chi connectivity index (χ2v) is 14.0. The van der Waals surface area contributed by atoms with E-state index in [0.29, 0.717) is 6.55 Å². The predicted octanol–water partition coefficient (Wildman–Crippen LogP) is 8.28. The fourth-order valence-corrected chi connectivity index (χ4v) is 2.61. The van der Waals surface area contributed by atoms with Crippen LogP contribution in [0, 0.1) is 0 Å². The third-order valence-electron chi connectivity index (χ3n) is 3.73. The smallest absolute Gasteiger partial charge is 0.195 e. The Hall–Kier alpha value is -0.793. The highest BCUT2D eigenvalue weighted by Crippen LogP contribution is 2.65. The van der Waals surface area contributed by atoms with Crippen molar-refractivity contribution in [2.24, 2.45) is 0 Å². The Balaban J connectivity index is 6.92. The standard InChI is InChI=1S/C12H5Cl2F19Si/c1-34(13,14)3-2-4(15,16)5(17,18)6(19,20)7(21,22)8(23,24)9(25,26)10(27,28)11(29,30)12(31,32)33/h2-3H,1H3. The van der Waals surface area contributed by atoms with Crippen molar-refractivity contribution in [3.63, 3.8) is 0 Å². The van der Waals surface area contributed by atoms with E-state index >= 15 is 0 Å². The van der Waals surface area contributed by atoms with Gasteiger partial charge in [0, 0.05) is 0 Å². The first-order valence-corrected chi connectivity index (χ1v) is 12.0. The van der Waals surface area contributed by atoms with Gasteiger partial charge in [0.1, 0.15) is 0 Å². The van der Waals surface area contributed by atoms with Crippen molar-refractivity contribution in [2.75, 3.05) is 0 Å². The van der Waals surface area contributed by atoms with Crippen LogP contribution in [0.4, 0.5) is 83.4 Å². The highest BCUT2D eigenvalue weighted by Gasteiger charge is 2.96. The van der Waals surface area contributed by atoms with E-state index in [9.17, 15) is 83.4 Å². The molecule has 204 valence electrons. The van der Waals surface area contributed by atoms with Crippen molar-refractivity contribution in [1.29, 1.82) is 0 Å². The lowest BCUT2D eigenvalue weighted by Gasteiger charge is -2.43. The maximum atomic E-state index is 13.5. The van der Waals surface area contributed by atoms with Crippen molar-refractivity contribution in [3.05, 3.63) is 11.8 Å². The van der Waals surface area contributed by atoms with Crippen LogP contribution >= 0.6 is 22.2 Å². The van der Waals surface area contributed by atoms with Crippen molar-refractivity contribution >= 4 is 28.9 Å². The van der Waals surface area contributed by atoms with E-state index in [-0.39, 0.29) is 0 Å². The predicted molar refractivity (Wildman–Crippen MR) is 78.1 cm³/mol. The summed E-state index contributed by atoms with van der Waals surface area (Å²) in [5.41, 5.74) is -0.400. The van der Waals surface area contributed by atoms with E-state index in [1.807, 2.05) is 0 Å². The van der Waals surface area contributed by atoms with E-state index in [0.717, 1.165) is 0 Å². The molecule has 0 bridgehead atoms. The third-order valence-corrected chi connectivity index (χ3v) is 5.23. The van der Waals surface area contributed by atoms with Crippen molar-refractivity contribution in [1.82, 2.24) is 0 Å². The van der Waals surface area contributed by atoms with Crippen LogP contribution in [-0.2, 0) is 0 Å². The summed E-state index contributed by atoms with van der Waals surface area (Å²) in [4.78, 5) is 0. The zero-order chi connectivity index (χ0) is 28.4. The van der Waals surface area contributed by atoms with Crippen LogP contribution in [0.15, 0.2) is 11.8 Å². The first-order chi connectivity index (χ1) is 14.2. The molecular formula is C12H5Cl2F19Si. The van der Waals surface area contributed by atoms with E-state index < -0.39 is 72.0 Å². The van der Waals surface area contributed by atoms with Crippen LogP contribution in [0.1, 0.15) is 0 Å². The van der Waals surface area contributed by atoms with Gasteiger partial charge in [-0.1, -0.05) is 5.70 Å². The van der Waals surface area contributed by atoms with Gasteiger partial charge in [0.2, 0.25) is 0 Å². The van der Waals surface area contributed by atoms with Crippen LogP contribution in [0.3, 0.4) is 0 Å². The van der Waals surface area contributed by atoms with Gasteiger partial charge >= 0.3 is 53.6 Å². The van der Waals surface area contributed by atoms with Gasteiger partial charge in [0.15, 0.2) is 0 Å². The number of hydrogen-bond acceptors (Lipinski definition) is 0. The molecule has 0 aliphatic rings. The molecule has 0 atom stereocenters. The summed E-state index contributed by atoms with van der Waals surface area (Å²) in [6, 6.07) is 0. The Morgan fingerprint density at radius 2 is 0.676 bits per heavy atom. The minimum absolute atomic E-state index is 0.400. The van der Waals surface area contributed by atoms with Crippen molar-refractivity contribution in [2.45, 2.75) is 60.1 Å². The molecule has 0 aromatic heterocycles. The second-order valence-electron chi connectivity index (χ2n) is 6.43. The zero-order valence-electron chi connectivity index (χ0n) is 15.1. The van der Waals surface area contributed by atoms with Gasteiger partial charge < -0.3 is 0 Å². The minimum atomic E-state index is -8.94. The number of rotatable bonds is 9. The molecule has 0 radical (unpaired) electrons. The highest BCUT2D eigenvalue weighted by molar-refractivity contribution is 7.47. The van der Waals surface area contributed by atoms with Crippen LogP contribution in [0.5, 0.6) is 0 Å². The molecule has 0 amide bonds. The molecule has 22 heteroatoms. The van der Waals surface area contributed by atoms with Crippen LogP contribution < -0.4 is 0 Å². The molecule has 0 aromatic rings. The summed E-state index contributed by atoms with van der Waals surface area (Å²) in [7, 11) is 0. The Kier molecular flexibility index (Phi) is 8.18. The van der Waals surface area contributed by atoms with E-state index in [2.05, 4.69) is 0 Å². The van der Waals surface area contributed by atoms with E-state index in [4.69, 9.17) is 22.2 Å². The van der Waals surface area contributed by atoms with Gasteiger partial charge in [-0.05, 0) is 12.6 Å². The molecule has 0 fully saturated rings. The zero-order valence-corrected chi connectivity index (χ0v) is 17.6. The normalized spacial score (nSPS) is 17.0. The second kappa shape index (κ2) is 8.37. The average Bonchev–Trinajstić information content (AvgIpc) is 2.57. The van der Waals surface area contributed by atoms with Gasteiger partial charge in [-0.2, -0.15) is 83.4 Å². The molecule has 34 heavy (non-hydrogen) atoms. The SMILES string of the molecule is C[Si](Cl)(Cl)C=CC(F)(F)C(F)(F)C(F)(F)C(F)(F)C(F)(F)C(F)(F)C(F)(F)C(F)(F)C(F)(F)F. The molecule has 0 saturated heterocycles. The molecule has 0 spiro atoms. The molecule has 0 nitrogen and oxygen atoms in total. The van der Waals surface area contributed by atoms with Gasteiger partial charge in [0.05, 0.1) is 0 Å². The summed E-state index contributed by atoms with van der Waals surface area (Å²) >= 11 is 10.2. The van der Waals surface area contributed by atoms with Gasteiger partial charge in [-0.15, -0.1) is 22.2 Å². The van der Waals surface area contributed by atoms with Crippen LogP contribution in [-0.4, -0.2) is 60.2 Å². The monoisotopic (exact) mass is 608 g/mol. The fourth-order valence-electron chi connectivity index (χ4n) is 1.73. The molecule has 0 rings (SSSR count). The summed E-state index contributed by atoms with van der Waals surface area (Å²) in [5, 5.41) is 0. The van der Waals surface area contributed by atoms with Gasteiger partial charge in [0.25, 0.3) is 6.69 Å². The first kappa shape index (κ1) is 33.2. The minimum Gasteiger partial charge on any atom is -0.195 e. The van der Waals surface area contributed by atoms with Gasteiger partial charge in [-0.3, -0.25) is 0 Å². The summed E-state index contributed by atoms with van der Waals surface area (Å²) in [6.45, 7) is -3.53. The highest BCUT2D eigenvalue weighted by atomic mass is 35.7. The Morgan fingerprint density at radius 1 is 0.441 bits per heavy atom. The van der Waals surface area contributed by atoms with Gasteiger partial charge in [-0.25, -0.2) is 0 Å². The lowest BCUT2D eigenvalue weighted by atomic mass is 9.87. The Morgan fingerprint density at radius 3 is 0.912 bits per heavy atom. The lowest BCUT2D eigenvalue weighted by molar-refractivity contribution is -0.467. The fraction of sp³-hybridized carbons (Fsp3) is 0.833. The Bertz CT molecular complexity index is 775. The first-order valence-electron chi connectivity index (χ1n) is 7.38. The summed E-state index contributed by atoms with van der Waals surface area (Å²) in [5.74, 6) is -66.9. The third kappa shape index (κ3) is 4.66. The summed E-state index contributed by atoms with van der Waals surface area (Å²) in [6.07, 6.45) is -9.36. The van der Waals surface area contributed by atoms with Crippen LogP contribution in [0.2, 0.25) is 6.55 Å². The molecule has 0 aliphatic carbocycles. The molecular weight excluding hydrogens is 604 g/mol. The average molecular weight is 609 g/mol. The number of halogens is 21. The molecule has 0 aliphatic heterocycles. The largest absolute Gasteiger partial charge is 0.460 e. The number of allylic oxidation sites excluding steroid dienone is 1. The molecule has 0 N–H and O–H groups in total. The number of alkyl halides is 19. The quantitative estimate of drug-likeness (QED) is 0.140. The molecule has 0 unspecified atom stereocenters. The van der Waals surface area contributed by atoms with Crippen LogP contribution in [0.25, 0.3) is 0 Å². The lowest BCUT2D eigenvalue weighted by Crippen LogP contribution is -2.75. The maximum Gasteiger partial charge on any atom is 0.460 e. The maximum absolute atomic E-state index is 13.5. The van der Waals surface area contributed by atoms with E-state index in [1.165, 1.54) is 0 Å². The number of hydrogen-bond donors (Lipinski definition) is 0. The van der Waals surface area contributed by atoms with E-state index in [1.54, 1.807) is 0 Å². The molecule has 0 saturated carbocycles. The van der Waals surface area contributed by atoms with Crippen molar-refractivity contribution < 1.29 is 83.4 Å². The van der Waals surface area contributed by atoms with Crippen molar-refractivity contribution in [3.8, 4) is 0 Å². The molecule has 0 heterocycles. The topological polar surface area (TPSA) is 0 Å². The summed E-state index contributed by atoms with van der Waals surface area (Å²) < 4.78 is 248.